The lowest BCUT2D eigenvalue weighted by Crippen LogP contribution is -2.51. The third-order valence-electron chi connectivity index (χ3n) is 4.37. The minimum absolute atomic E-state index is 0.0133. The number of pyridine rings is 1. The zero-order valence-electron chi connectivity index (χ0n) is 13.0. The highest BCUT2D eigenvalue weighted by atomic mass is 16.2. The van der Waals surface area contributed by atoms with Crippen LogP contribution in [0.3, 0.4) is 0 Å². The van der Waals surface area contributed by atoms with Crippen LogP contribution in [0.5, 0.6) is 0 Å². The van der Waals surface area contributed by atoms with Crippen molar-refractivity contribution < 1.29 is 4.79 Å². The Morgan fingerprint density at radius 1 is 1.48 bits per heavy atom. The van der Waals surface area contributed by atoms with E-state index in [9.17, 15) is 4.79 Å². The first-order valence-electron chi connectivity index (χ1n) is 7.83. The molecule has 0 aromatic carbocycles. The number of hydrogen-bond acceptors (Lipinski definition) is 4. The first kappa shape index (κ1) is 15.8. The van der Waals surface area contributed by atoms with Crippen LogP contribution in [0.1, 0.15) is 33.1 Å². The highest BCUT2D eigenvalue weighted by molar-refractivity contribution is 5.82. The molecule has 116 valence electrons. The Hall–Kier alpha value is -1.62. The molecule has 1 aromatic heterocycles. The van der Waals surface area contributed by atoms with E-state index in [4.69, 9.17) is 5.73 Å². The van der Waals surface area contributed by atoms with E-state index in [2.05, 4.69) is 22.1 Å². The second-order valence-electron chi connectivity index (χ2n) is 5.87. The molecule has 3 N–H and O–H groups in total. The fourth-order valence-electron chi connectivity index (χ4n) is 2.60. The summed E-state index contributed by atoms with van der Waals surface area (Å²) in [7, 11) is 0. The van der Waals surface area contributed by atoms with Gasteiger partial charge in [-0.1, -0.05) is 26.3 Å². The van der Waals surface area contributed by atoms with Crippen LogP contribution in [0.2, 0.25) is 0 Å². The molecule has 1 fully saturated rings. The highest BCUT2D eigenvalue weighted by Crippen LogP contribution is 2.17. The van der Waals surface area contributed by atoms with Gasteiger partial charge in [-0.15, -0.1) is 0 Å². The predicted molar refractivity (Wildman–Crippen MR) is 85.0 cm³/mol. The van der Waals surface area contributed by atoms with Crippen molar-refractivity contribution in [1.29, 1.82) is 0 Å². The molecule has 0 bridgehead atoms. The molecule has 2 heterocycles. The number of anilines is 1. The first-order valence-corrected chi connectivity index (χ1v) is 7.83. The summed E-state index contributed by atoms with van der Waals surface area (Å²) in [4.78, 5) is 18.7. The minimum Gasteiger partial charge on any atom is -0.356 e. The molecule has 21 heavy (non-hydrogen) atoms. The largest absolute Gasteiger partial charge is 0.356 e. The van der Waals surface area contributed by atoms with Gasteiger partial charge in [-0.05, 0) is 30.9 Å². The van der Waals surface area contributed by atoms with Gasteiger partial charge in [0.2, 0.25) is 5.91 Å². The lowest BCUT2D eigenvalue weighted by molar-refractivity contribution is -0.124. The summed E-state index contributed by atoms with van der Waals surface area (Å²) < 4.78 is 0. The van der Waals surface area contributed by atoms with E-state index >= 15 is 0 Å². The molecule has 0 radical (unpaired) electrons. The molecular formula is C16H26N4O. The van der Waals surface area contributed by atoms with E-state index in [0.717, 1.165) is 38.2 Å². The molecule has 0 saturated carbocycles. The Balaban J connectivity index is 1.80. The third-order valence-corrected chi connectivity index (χ3v) is 4.37. The SMILES string of the molecule is CCC(C)[C@H](N)C(=O)NC1CCN(c2ccccn2)CC1. The van der Waals surface area contributed by atoms with Crippen molar-refractivity contribution in [2.75, 3.05) is 18.0 Å². The number of aromatic nitrogens is 1. The normalized spacial score (nSPS) is 19.1. The minimum atomic E-state index is -0.399. The smallest absolute Gasteiger partial charge is 0.237 e. The summed E-state index contributed by atoms with van der Waals surface area (Å²) in [6, 6.07) is 5.78. The van der Waals surface area contributed by atoms with Crippen LogP contribution < -0.4 is 16.0 Å². The van der Waals surface area contributed by atoms with Crippen molar-refractivity contribution in [3.63, 3.8) is 0 Å². The van der Waals surface area contributed by atoms with Crippen molar-refractivity contribution >= 4 is 11.7 Å². The summed E-state index contributed by atoms with van der Waals surface area (Å²) in [6.07, 6.45) is 4.62. The first-order chi connectivity index (χ1) is 10.1. The van der Waals surface area contributed by atoms with Crippen LogP contribution in [-0.4, -0.2) is 36.1 Å². The quantitative estimate of drug-likeness (QED) is 0.863. The molecule has 1 aliphatic rings. The van der Waals surface area contributed by atoms with Crippen molar-refractivity contribution in [3.05, 3.63) is 24.4 Å². The molecule has 2 atom stereocenters. The zero-order valence-corrected chi connectivity index (χ0v) is 13.0. The molecule has 1 aliphatic heterocycles. The third kappa shape index (κ3) is 4.17. The molecule has 0 spiro atoms. The standard InChI is InChI=1S/C16H26N4O/c1-3-12(2)15(17)16(21)19-13-7-10-20(11-8-13)14-6-4-5-9-18-14/h4-6,9,12-13,15H,3,7-8,10-11,17H2,1-2H3,(H,19,21)/t12?,15-/m0/s1. The molecular weight excluding hydrogens is 264 g/mol. The maximum atomic E-state index is 12.1. The van der Waals surface area contributed by atoms with Crippen molar-refractivity contribution in [3.8, 4) is 0 Å². The summed E-state index contributed by atoms with van der Waals surface area (Å²) in [5, 5.41) is 3.09. The molecule has 2 rings (SSSR count). The number of rotatable bonds is 5. The fourth-order valence-corrected chi connectivity index (χ4v) is 2.60. The van der Waals surface area contributed by atoms with E-state index in [0.29, 0.717) is 0 Å². The van der Waals surface area contributed by atoms with Crippen LogP contribution in [0.15, 0.2) is 24.4 Å². The second kappa shape index (κ2) is 7.41. The van der Waals surface area contributed by atoms with Gasteiger partial charge in [-0.2, -0.15) is 0 Å². The number of nitrogens with zero attached hydrogens (tertiary/aromatic N) is 2. The van der Waals surface area contributed by atoms with Gasteiger partial charge in [-0.25, -0.2) is 4.98 Å². The van der Waals surface area contributed by atoms with Gasteiger partial charge in [0.25, 0.3) is 0 Å². The van der Waals surface area contributed by atoms with E-state index in [1.807, 2.05) is 31.3 Å². The monoisotopic (exact) mass is 290 g/mol. The molecule has 1 unspecified atom stereocenters. The average Bonchev–Trinajstić information content (AvgIpc) is 2.54. The van der Waals surface area contributed by atoms with Gasteiger partial charge in [0.1, 0.15) is 5.82 Å². The molecule has 0 aliphatic carbocycles. The van der Waals surface area contributed by atoms with E-state index < -0.39 is 6.04 Å². The van der Waals surface area contributed by atoms with Crippen molar-refractivity contribution in [1.82, 2.24) is 10.3 Å². The van der Waals surface area contributed by atoms with E-state index in [1.54, 1.807) is 0 Å². The average molecular weight is 290 g/mol. The lowest BCUT2D eigenvalue weighted by Gasteiger charge is -2.33. The Labute approximate surface area is 126 Å². The Morgan fingerprint density at radius 2 is 2.19 bits per heavy atom. The Morgan fingerprint density at radius 3 is 2.76 bits per heavy atom. The van der Waals surface area contributed by atoms with Crippen LogP contribution in [0.4, 0.5) is 5.82 Å². The number of amides is 1. The van der Waals surface area contributed by atoms with Crippen molar-refractivity contribution in [2.45, 2.75) is 45.2 Å². The maximum absolute atomic E-state index is 12.1. The lowest BCUT2D eigenvalue weighted by atomic mass is 9.98. The maximum Gasteiger partial charge on any atom is 0.237 e. The Bertz CT molecular complexity index is 443. The molecule has 1 amide bonds. The highest BCUT2D eigenvalue weighted by Gasteiger charge is 2.25. The van der Waals surface area contributed by atoms with Crippen LogP contribution in [-0.2, 0) is 4.79 Å². The number of carbonyl (C=O) groups is 1. The van der Waals surface area contributed by atoms with Crippen LogP contribution >= 0.6 is 0 Å². The van der Waals surface area contributed by atoms with Gasteiger partial charge in [0.05, 0.1) is 6.04 Å². The van der Waals surface area contributed by atoms with Gasteiger partial charge >= 0.3 is 0 Å². The predicted octanol–water partition coefficient (Wildman–Crippen LogP) is 1.54. The summed E-state index contributed by atoms with van der Waals surface area (Å²) >= 11 is 0. The summed E-state index contributed by atoms with van der Waals surface area (Å²) in [5.74, 6) is 1.22. The zero-order chi connectivity index (χ0) is 15.2. The van der Waals surface area contributed by atoms with Gasteiger partial charge in [0, 0.05) is 25.3 Å². The molecule has 5 heteroatoms. The second-order valence-corrected chi connectivity index (χ2v) is 5.87. The Kier molecular flexibility index (Phi) is 5.56. The molecule has 1 aromatic rings. The van der Waals surface area contributed by atoms with E-state index in [1.165, 1.54) is 0 Å². The number of hydrogen-bond donors (Lipinski definition) is 2. The topological polar surface area (TPSA) is 71.2 Å². The van der Waals surface area contributed by atoms with Gasteiger partial charge < -0.3 is 16.0 Å². The van der Waals surface area contributed by atoms with Crippen LogP contribution in [0.25, 0.3) is 0 Å². The molecule has 5 nitrogen and oxygen atoms in total. The number of nitrogens with one attached hydrogen (secondary N) is 1. The number of carbonyl (C=O) groups excluding carboxylic acids is 1. The molecule has 1 saturated heterocycles. The van der Waals surface area contributed by atoms with Gasteiger partial charge in [0.15, 0.2) is 0 Å². The van der Waals surface area contributed by atoms with E-state index in [-0.39, 0.29) is 17.9 Å². The summed E-state index contributed by atoms with van der Waals surface area (Å²) in [5.41, 5.74) is 5.97. The fraction of sp³-hybridized carbons (Fsp3) is 0.625. The van der Waals surface area contributed by atoms with Gasteiger partial charge in [-0.3, -0.25) is 4.79 Å². The summed E-state index contributed by atoms with van der Waals surface area (Å²) in [6.45, 7) is 5.91. The van der Waals surface area contributed by atoms with Crippen molar-refractivity contribution in [2.24, 2.45) is 11.7 Å². The number of piperidine rings is 1. The number of nitrogens with two attached hydrogens (primary N) is 1. The van der Waals surface area contributed by atoms with Crippen LogP contribution in [0, 0.1) is 5.92 Å².